The van der Waals surface area contributed by atoms with Crippen LogP contribution < -0.4 is 5.32 Å². The van der Waals surface area contributed by atoms with E-state index in [9.17, 15) is 17.8 Å². The van der Waals surface area contributed by atoms with Gasteiger partial charge in [-0.1, -0.05) is 78.1 Å². The molecule has 1 N–H and O–H groups in total. The molecule has 1 unspecified atom stereocenters. The van der Waals surface area contributed by atoms with E-state index in [-0.39, 0.29) is 18.5 Å². The van der Waals surface area contributed by atoms with Crippen molar-refractivity contribution in [1.29, 1.82) is 0 Å². The Morgan fingerprint density at radius 3 is 1.79 bits per heavy atom. The van der Waals surface area contributed by atoms with E-state index in [1.54, 1.807) is 0 Å². The molecule has 1 atom stereocenters. The van der Waals surface area contributed by atoms with Gasteiger partial charge in [0, 0.05) is 18.6 Å². The summed E-state index contributed by atoms with van der Waals surface area (Å²) in [4.78, 5) is 12.3. The molecule has 0 aromatic heterocycles. The largest absolute Gasteiger partial charge is 0.748 e. The summed E-state index contributed by atoms with van der Waals surface area (Å²) in [5.74, 6) is -0.488. The number of hydrogen-bond donors (Lipinski definition) is 1. The van der Waals surface area contributed by atoms with Gasteiger partial charge in [-0.05, 0) is 12.8 Å². The third-order valence-electron chi connectivity index (χ3n) is 5.62. The molecular formula is C22H46N2O4S. The zero-order valence-corrected chi connectivity index (χ0v) is 20.2. The average Bonchev–Trinajstić information content (AvgIpc) is 2.62. The van der Waals surface area contributed by atoms with Gasteiger partial charge in [0.05, 0.1) is 30.8 Å². The third-order valence-corrected chi connectivity index (χ3v) is 6.36. The minimum Gasteiger partial charge on any atom is -0.748 e. The lowest BCUT2D eigenvalue weighted by Crippen LogP contribution is -2.58. The predicted molar refractivity (Wildman–Crippen MR) is 119 cm³/mol. The van der Waals surface area contributed by atoms with Gasteiger partial charge in [-0.3, -0.25) is 4.79 Å². The second-order valence-electron chi connectivity index (χ2n) is 8.92. The summed E-state index contributed by atoms with van der Waals surface area (Å²) < 4.78 is 33.5. The number of nitrogens with one attached hydrogen (secondary N) is 1. The average molecular weight is 435 g/mol. The number of rotatable bonds is 19. The van der Waals surface area contributed by atoms with Crippen LogP contribution in [0.15, 0.2) is 0 Å². The zero-order chi connectivity index (χ0) is 22.2. The Balaban J connectivity index is 4.07. The summed E-state index contributed by atoms with van der Waals surface area (Å²) >= 11 is 0. The Morgan fingerprint density at radius 2 is 1.34 bits per heavy atom. The molecule has 0 fully saturated rings. The van der Waals surface area contributed by atoms with Crippen LogP contribution in [0.5, 0.6) is 0 Å². The predicted octanol–water partition coefficient (Wildman–Crippen LogP) is 4.55. The number of quaternary nitrogens is 1. The van der Waals surface area contributed by atoms with Crippen LogP contribution in [0.2, 0.25) is 0 Å². The van der Waals surface area contributed by atoms with Crippen molar-refractivity contribution in [2.24, 2.45) is 0 Å². The Morgan fingerprint density at radius 1 is 0.862 bits per heavy atom. The maximum atomic E-state index is 12.3. The second kappa shape index (κ2) is 16.1. The Hall–Kier alpha value is -0.660. The van der Waals surface area contributed by atoms with Crippen molar-refractivity contribution in [2.75, 3.05) is 26.4 Å². The number of amides is 1. The fourth-order valence-electron chi connectivity index (χ4n) is 3.79. The first-order valence-electron chi connectivity index (χ1n) is 11.7. The molecule has 7 heteroatoms. The Labute approximate surface area is 180 Å². The number of carbonyl (C=O) groups is 1. The van der Waals surface area contributed by atoms with Gasteiger partial charge in [-0.15, -0.1) is 0 Å². The fraction of sp³-hybridized carbons (Fsp3) is 0.955. The first kappa shape index (κ1) is 28.3. The van der Waals surface area contributed by atoms with Gasteiger partial charge in [-0.2, -0.15) is 0 Å². The molecule has 174 valence electrons. The highest BCUT2D eigenvalue weighted by Gasteiger charge is 2.29. The van der Waals surface area contributed by atoms with Crippen LogP contribution in [-0.4, -0.2) is 55.9 Å². The van der Waals surface area contributed by atoms with Crippen molar-refractivity contribution in [3.05, 3.63) is 0 Å². The molecule has 0 radical (unpaired) electrons. The molecule has 0 saturated heterocycles. The SMILES string of the molecule is CCCCCCCCCCCCCC(=O)NC(CCS(=O)(=O)[O-])[N+](C)(C)CCC. The number of nitrogens with zero attached hydrogens (tertiary/aromatic N) is 1. The summed E-state index contributed by atoms with van der Waals surface area (Å²) in [5.41, 5.74) is 0. The Bertz CT molecular complexity index is 521. The third kappa shape index (κ3) is 16.8. The van der Waals surface area contributed by atoms with Crippen LogP contribution in [0.3, 0.4) is 0 Å². The van der Waals surface area contributed by atoms with Gasteiger partial charge in [0.2, 0.25) is 5.91 Å². The van der Waals surface area contributed by atoms with E-state index >= 15 is 0 Å². The highest BCUT2D eigenvalue weighted by Crippen LogP contribution is 2.14. The maximum absolute atomic E-state index is 12.3. The highest BCUT2D eigenvalue weighted by atomic mass is 32.2. The molecule has 0 aromatic carbocycles. The van der Waals surface area contributed by atoms with Crippen LogP contribution in [0, 0.1) is 0 Å². The van der Waals surface area contributed by atoms with Crippen LogP contribution >= 0.6 is 0 Å². The molecule has 0 aliphatic carbocycles. The highest BCUT2D eigenvalue weighted by molar-refractivity contribution is 7.85. The minimum absolute atomic E-state index is 0.0449. The summed E-state index contributed by atoms with van der Waals surface area (Å²) in [7, 11) is -0.348. The van der Waals surface area contributed by atoms with Crippen molar-refractivity contribution < 1.29 is 22.2 Å². The molecule has 0 bridgehead atoms. The second-order valence-corrected chi connectivity index (χ2v) is 10.4. The number of unbranched alkanes of at least 4 members (excludes halogenated alkanes) is 10. The van der Waals surface area contributed by atoms with E-state index in [2.05, 4.69) is 19.2 Å². The quantitative estimate of drug-likeness (QED) is 0.140. The molecule has 0 aromatic rings. The van der Waals surface area contributed by atoms with Gasteiger partial charge in [0.15, 0.2) is 6.17 Å². The lowest BCUT2D eigenvalue weighted by atomic mass is 10.1. The molecule has 0 aliphatic heterocycles. The van der Waals surface area contributed by atoms with Crippen molar-refractivity contribution >= 4 is 16.0 Å². The van der Waals surface area contributed by atoms with Crippen LogP contribution in [0.4, 0.5) is 0 Å². The minimum atomic E-state index is -4.28. The maximum Gasteiger partial charge on any atom is 0.224 e. The van der Waals surface area contributed by atoms with Crippen molar-refractivity contribution in [1.82, 2.24) is 5.32 Å². The first-order valence-corrected chi connectivity index (χ1v) is 13.3. The molecule has 6 nitrogen and oxygen atoms in total. The van der Waals surface area contributed by atoms with Crippen LogP contribution in [0.1, 0.15) is 104 Å². The van der Waals surface area contributed by atoms with E-state index in [0.29, 0.717) is 10.9 Å². The van der Waals surface area contributed by atoms with Gasteiger partial charge >= 0.3 is 0 Å². The van der Waals surface area contributed by atoms with E-state index < -0.39 is 15.9 Å². The van der Waals surface area contributed by atoms with Gasteiger partial charge in [0.25, 0.3) is 0 Å². The molecule has 0 spiro atoms. The molecule has 0 heterocycles. The smallest absolute Gasteiger partial charge is 0.224 e. The monoisotopic (exact) mass is 434 g/mol. The molecule has 1 amide bonds. The number of carbonyl (C=O) groups excluding carboxylic acids is 1. The molecule has 0 saturated carbocycles. The van der Waals surface area contributed by atoms with Crippen LogP contribution in [-0.2, 0) is 14.9 Å². The standard InChI is InChI=1S/C22H46N2O4S/c1-5-7-8-9-10-11-12-13-14-15-16-17-22(25)23-21(18-20-29(26,27)28)24(3,4)19-6-2/h21H,5-20H2,1-4H3,(H-,23,25,26,27,28). The lowest BCUT2D eigenvalue weighted by Gasteiger charge is -2.38. The van der Waals surface area contributed by atoms with E-state index in [0.717, 1.165) is 32.2 Å². The van der Waals surface area contributed by atoms with Crippen molar-refractivity contribution in [3.63, 3.8) is 0 Å². The van der Waals surface area contributed by atoms with Gasteiger partial charge in [-0.25, -0.2) is 8.42 Å². The summed E-state index contributed by atoms with van der Waals surface area (Å²) in [6.45, 7) is 5.10. The molecule has 29 heavy (non-hydrogen) atoms. The van der Waals surface area contributed by atoms with Gasteiger partial charge < -0.3 is 14.4 Å². The van der Waals surface area contributed by atoms with E-state index in [1.807, 2.05) is 14.1 Å². The van der Waals surface area contributed by atoms with Crippen molar-refractivity contribution in [2.45, 2.75) is 110 Å². The lowest BCUT2D eigenvalue weighted by molar-refractivity contribution is -0.917. The molecular weight excluding hydrogens is 388 g/mol. The fourth-order valence-corrected chi connectivity index (χ4v) is 4.30. The van der Waals surface area contributed by atoms with E-state index in [4.69, 9.17) is 0 Å². The van der Waals surface area contributed by atoms with E-state index in [1.165, 1.54) is 51.4 Å². The van der Waals surface area contributed by atoms with Crippen molar-refractivity contribution in [3.8, 4) is 0 Å². The first-order chi connectivity index (χ1) is 13.6. The van der Waals surface area contributed by atoms with Gasteiger partial charge in [0.1, 0.15) is 0 Å². The Kier molecular flexibility index (Phi) is 15.7. The summed E-state index contributed by atoms with van der Waals surface area (Å²) in [5, 5.41) is 2.98. The molecule has 0 aliphatic rings. The van der Waals surface area contributed by atoms with Crippen LogP contribution in [0.25, 0.3) is 0 Å². The number of hydrogen-bond acceptors (Lipinski definition) is 4. The topological polar surface area (TPSA) is 86.3 Å². The normalized spacial score (nSPS) is 13.4. The summed E-state index contributed by atoms with van der Waals surface area (Å²) in [6.07, 6.45) is 14.8. The zero-order valence-electron chi connectivity index (χ0n) is 19.4. The summed E-state index contributed by atoms with van der Waals surface area (Å²) in [6, 6.07) is 0. The molecule has 0 rings (SSSR count).